The Hall–Kier alpha value is -0.780. The normalized spacial score (nSPS) is 10.3. The Labute approximate surface area is 75.6 Å². The van der Waals surface area contributed by atoms with Crippen molar-refractivity contribution in [1.82, 2.24) is 0 Å². The van der Waals surface area contributed by atoms with Gasteiger partial charge in [0.25, 0.3) is 0 Å². The van der Waals surface area contributed by atoms with Crippen molar-refractivity contribution >= 4 is 0 Å². The van der Waals surface area contributed by atoms with Crippen LogP contribution in [0, 0.1) is 13.8 Å². The van der Waals surface area contributed by atoms with E-state index in [2.05, 4.69) is 32.9 Å². The molecule has 0 saturated carbocycles. The molecule has 0 heterocycles. The van der Waals surface area contributed by atoms with Crippen molar-refractivity contribution < 1.29 is 0 Å². The minimum Gasteiger partial charge on any atom is -0.0613 e. The van der Waals surface area contributed by atoms with E-state index in [0.29, 0.717) is 0 Å². The van der Waals surface area contributed by atoms with Gasteiger partial charge in [-0.25, -0.2) is 0 Å². The molecule has 0 N–H and O–H groups in total. The molecule has 0 fully saturated rings. The maximum atomic E-state index is 5.78. The molecule has 64 valence electrons. The van der Waals surface area contributed by atoms with Gasteiger partial charge in [-0.3, -0.25) is 0 Å². The summed E-state index contributed by atoms with van der Waals surface area (Å²) >= 11 is 0. The lowest BCUT2D eigenvalue weighted by Crippen LogP contribution is -1.94. The highest BCUT2D eigenvalue weighted by Crippen LogP contribution is 2.17. The number of aryl methyl sites for hydroxylation is 2. The minimum atomic E-state index is 0.898. The number of hydrogen-bond acceptors (Lipinski definition) is 0. The van der Waals surface area contributed by atoms with Crippen molar-refractivity contribution in [2.45, 2.75) is 33.6 Å². The van der Waals surface area contributed by atoms with Crippen LogP contribution in [0.1, 0.15) is 36.1 Å². The van der Waals surface area contributed by atoms with Crippen LogP contribution in [0.2, 0.25) is 0 Å². The highest BCUT2D eigenvalue weighted by Gasteiger charge is 2.01. The average molecular weight is 160 g/mol. The van der Waals surface area contributed by atoms with Gasteiger partial charge in [-0.1, -0.05) is 26.0 Å². The fourth-order valence-corrected chi connectivity index (χ4v) is 1.60. The third-order valence-electron chi connectivity index (χ3n) is 2.41. The van der Waals surface area contributed by atoms with Gasteiger partial charge in [-0.15, -0.1) is 0 Å². The second-order valence-electron chi connectivity index (χ2n) is 3.17. The van der Waals surface area contributed by atoms with E-state index in [-0.39, 0.29) is 0 Å². The third kappa shape index (κ3) is 1.69. The molecule has 1 aromatic carbocycles. The monoisotopic (exact) mass is 160 g/mol. The Morgan fingerprint density at radius 3 is 1.83 bits per heavy atom. The molecule has 0 heteroatoms. The van der Waals surface area contributed by atoms with Gasteiger partial charge in [0.15, 0.2) is 0 Å². The first-order valence-electron chi connectivity index (χ1n) is 4.56. The largest absolute Gasteiger partial charge is 0.0613 e. The van der Waals surface area contributed by atoms with Crippen LogP contribution in [0.4, 0.5) is 0 Å². The SMILES string of the molecule is [CH]c1cc(CC)c(C)c(CC)c1. The number of rotatable bonds is 2. The lowest BCUT2D eigenvalue weighted by Gasteiger charge is -2.09. The van der Waals surface area contributed by atoms with Crippen LogP contribution in [0.3, 0.4) is 0 Å². The molecule has 1 rings (SSSR count). The Bertz CT molecular complexity index is 246. The zero-order valence-electron chi connectivity index (χ0n) is 8.15. The third-order valence-corrected chi connectivity index (χ3v) is 2.41. The van der Waals surface area contributed by atoms with Crippen molar-refractivity contribution in [3.63, 3.8) is 0 Å². The summed E-state index contributed by atoms with van der Waals surface area (Å²) < 4.78 is 0. The molecular weight excluding hydrogens is 144 g/mol. The van der Waals surface area contributed by atoms with E-state index in [9.17, 15) is 0 Å². The van der Waals surface area contributed by atoms with Gasteiger partial charge >= 0.3 is 0 Å². The Morgan fingerprint density at radius 2 is 1.50 bits per heavy atom. The van der Waals surface area contributed by atoms with Crippen molar-refractivity contribution in [1.29, 1.82) is 0 Å². The Kier molecular flexibility index (Phi) is 2.91. The van der Waals surface area contributed by atoms with E-state index in [1.54, 1.807) is 0 Å². The van der Waals surface area contributed by atoms with Crippen molar-refractivity contribution in [2.75, 3.05) is 0 Å². The van der Waals surface area contributed by atoms with Crippen LogP contribution in [0.25, 0.3) is 0 Å². The topological polar surface area (TPSA) is 0 Å². The van der Waals surface area contributed by atoms with Crippen LogP contribution in [0.5, 0.6) is 0 Å². The quantitative estimate of drug-likeness (QED) is 0.623. The van der Waals surface area contributed by atoms with Gasteiger partial charge < -0.3 is 0 Å². The minimum absolute atomic E-state index is 0.898. The molecule has 0 spiro atoms. The van der Waals surface area contributed by atoms with Crippen molar-refractivity contribution in [2.24, 2.45) is 0 Å². The first-order chi connectivity index (χ1) is 5.69. The van der Waals surface area contributed by atoms with Crippen molar-refractivity contribution in [3.8, 4) is 0 Å². The van der Waals surface area contributed by atoms with Gasteiger partial charge in [-0.2, -0.15) is 0 Å². The highest BCUT2D eigenvalue weighted by atomic mass is 14.1. The van der Waals surface area contributed by atoms with E-state index in [1.807, 2.05) is 0 Å². The zero-order valence-corrected chi connectivity index (χ0v) is 8.15. The van der Waals surface area contributed by atoms with Gasteiger partial charge in [0, 0.05) is 0 Å². The lowest BCUT2D eigenvalue weighted by atomic mass is 9.96. The highest BCUT2D eigenvalue weighted by molar-refractivity contribution is 5.39. The summed E-state index contributed by atoms with van der Waals surface area (Å²) in [6.07, 6.45) is 2.15. The maximum Gasteiger partial charge on any atom is -0.00118 e. The molecule has 0 bridgehead atoms. The summed E-state index contributed by atoms with van der Waals surface area (Å²) in [6.45, 7) is 12.3. The molecule has 0 atom stereocenters. The fourth-order valence-electron chi connectivity index (χ4n) is 1.60. The second kappa shape index (κ2) is 3.75. The molecule has 0 aromatic heterocycles. The predicted octanol–water partition coefficient (Wildman–Crippen LogP) is 3.18. The summed E-state index contributed by atoms with van der Waals surface area (Å²) in [7, 11) is 0. The summed E-state index contributed by atoms with van der Waals surface area (Å²) in [5.74, 6) is 0. The molecule has 0 amide bonds. The maximum absolute atomic E-state index is 5.78. The summed E-state index contributed by atoms with van der Waals surface area (Å²) in [5, 5.41) is 0. The molecule has 12 heavy (non-hydrogen) atoms. The second-order valence-corrected chi connectivity index (χ2v) is 3.17. The first-order valence-corrected chi connectivity index (χ1v) is 4.56. The van der Waals surface area contributed by atoms with Crippen LogP contribution in [0.15, 0.2) is 12.1 Å². The summed E-state index contributed by atoms with van der Waals surface area (Å²) in [5.41, 5.74) is 5.07. The molecule has 0 aliphatic rings. The smallest absolute Gasteiger partial charge is 0.00118 e. The zero-order chi connectivity index (χ0) is 9.14. The number of hydrogen-bond donors (Lipinski definition) is 0. The molecule has 1 aromatic rings. The van der Waals surface area contributed by atoms with Gasteiger partial charge in [0.1, 0.15) is 0 Å². The van der Waals surface area contributed by atoms with E-state index in [1.165, 1.54) is 16.7 Å². The Balaban J connectivity index is 3.22. The first kappa shape index (κ1) is 9.31. The average Bonchev–Trinajstić information content (AvgIpc) is 2.08. The van der Waals surface area contributed by atoms with Gasteiger partial charge in [0.2, 0.25) is 0 Å². The molecule has 0 unspecified atom stereocenters. The molecule has 0 aliphatic carbocycles. The van der Waals surface area contributed by atoms with E-state index >= 15 is 0 Å². The van der Waals surface area contributed by atoms with E-state index in [4.69, 9.17) is 6.92 Å². The van der Waals surface area contributed by atoms with Gasteiger partial charge in [0.05, 0.1) is 0 Å². The van der Waals surface area contributed by atoms with Crippen LogP contribution >= 0.6 is 0 Å². The molecular formula is C12H16. The van der Waals surface area contributed by atoms with Crippen LogP contribution in [-0.2, 0) is 12.8 Å². The molecule has 2 radical (unpaired) electrons. The molecule has 0 aliphatic heterocycles. The van der Waals surface area contributed by atoms with E-state index < -0.39 is 0 Å². The van der Waals surface area contributed by atoms with Crippen LogP contribution < -0.4 is 0 Å². The van der Waals surface area contributed by atoms with E-state index in [0.717, 1.165) is 18.4 Å². The summed E-state index contributed by atoms with van der Waals surface area (Å²) in [4.78, 5) is 0. The number of benzene rings is 1. The molecule has 0 nitrogen and oxygen atoms in total. The molecule has 0 saturated heterocycles. The standard InChI is InChI=1S/C12H16/c1-5-11-7-9(3)8-12(6-2)10(11)4/h3,7-8H,5-6H2,1-2,4H3. The fraction of sp³-hybridized carbons (Fsp3) is 0.417. The Morgan fingerprint density at radius 1 is 1.08 bits per heavy atom. The predicted molar refractivity (Wildman–Crippen MR) is 53.3 cm³/mol. The van der Waals surface area contributed by atoms with Crippen molar-refractivity contribution in [3.05, 3.63) is 41.3 Å². The van der Waals surface area contributed by atoms with Crippen LogP contribution in [-0.4, -0.2) is 0 Å². The summed E-state index contributed by atoms with van der Waals surface area (Å²) in [6, 6.07) is 4.16. The van der Waals surface area contributed by atoms with Gasteiger partial charge in [-0.05, 0) is 48.9 Å². The lowest BCUT2D eigenvalue weighted by molar-refractivity contribution is 1.04.